The Hall–Kier alpha value is -1.86. The molecule has 1 aromatic carbocycles. The summed E-state index contributed by atoms with van der Waals surface area (Å²) in [7, 11) is 1.59. The molecule has 0 spiro atoms. The zero-order chi connectivity index (χ0) is 18.6. The van der Waals surface area contributed by atoms with Crippen LogP contribution in [0.4, 0.5) is 5.69 Å². The molecule has 1 saturated heterocycles. The SMILES string of the molecule is COC1(C(=O)Nc2ccc(Oc3ccc(C)c(C)c3)nc2)CCNCC1.Cl.Cl. The van der Waals surface area contributed by atoms with Crippen molar-refractivity contribution in [3.8, 4) is 11.6 Å². The highest BCUT2D eigenvalue weighted by Gasteiger charge is 2.39. The van der Waals surface area contributed by atoms with Gasteiger partial charge in [-0.2, -0.15) is 0 Å². The van der Waals surface area contributed by atoms with Crippen LogP contribution in [0.3, 0.4) is 0 Å². The number of hydrogen-bond acceptors (Lipinski definition) is 5. The zero-order valence-corrected chi connectivity index (χ0v) is 17.9. The number of amides is 1. The summed E-state index contributed by atoms with van der Waals surface area (Å²) in [6.45, 7) is 5.63. The number of nitrogens with zero attached hydrogens (tertiary/aromatic N) is 1. The molecule has 1 aliphatic rings. The molecule has 28 heavy (non-hydrogen) atoms. The largest absolute Gasteiger partial charge is 0.439 e. The normalized spacial score (nSPS) is 15.0. The van der Waals surface area contributed by atoms with Crippen LogP contribution in [0, 0.1) is 13.8 Å². The van der Waals surface area contributed by atoms with Crippen molar-refractivity contribution in [1.82, 2.24) is 10.3 Å². The van der Waals surface area contributed by atoms with Crippen molar-refractivity contribution < 1.29 is 14.3 Å². The van der Waals surface area contributed by atoms with E-state index in [2.05, 4.69) is 22.5 Å². The minimum Gasteiger partial charge on any atom is -0.439 e. The lowest BCUT2D eigenvalue weighted by atomic mass is 9.91. The molecule has 154 valence electrons. The van der Waals surface area contributed by atoms with Gasteiger partial charge in [0.05, 0.1) is 11.9 Å². The minimum atomic E-state index is -0.778. The van der Waals surface area contributed by atoms with E-state index in [9.17, 15) is 4.79 Å². The van der Waals surface area contributed by atoms with E-state index in [1.807, 2.05) is 25.1 Å². The van der Waals surface area contributed by atoms with Crippen LogP contribution < -0.4 is 15.4 Å². The van der Waals surface area contributed by atoms with Gasteiger partial charge in [-0.15, -0.1) is 24.8 Å². The Morgan fingerprint density at radius 3 is 2.39 bits per heavy atom. The molecule has 6 nitrogen and oxygen atoms in total. The topological polar surface area (TPSA) is 72.5 Å². The first-order valence-corrected chi connectivity index (χ1v) is 8.81. The Labute approximate surface area is 178 Å². The van der Waals surface area contributed by atoms with E-state index in [4.69, 9.17) is 9.47 Å². The van der Waals surface area contributed by atoms with E-state index >= 15 is 0 Å². The molecule has 8 heteroatoms. The number of halogens is 2. The third-order valence-electron chi connectivity index (χ3n) is 4.91. The van der Waals surface area contributed by atoms with Gasteiger partial charge in [-0.1, -0.05) is 6.07 Å². The number of benzene rings is 1. The smallest absolute Gasteiger partial charge is 0.256 e. The van der Waals surface area contributed by atoms with E-state index in [0.717, 1.165) is 18.8 Å². The van der Waals surface area contributed by atoms with Gasteiger partial charge in [-0.25, -0.2) is 4.98 Å². The number of rotatable bonds is 5. The molecule has 0 unspecified atom stereocenters. The molecule has 0 saturated carbocycles. The zero-order valence-electron chi connectivity index (χ0n) is 16.3. The Morgan fingerprint density at radius 2 is 1.82 bits per heavy atom. The maximum Gasteiger partial charge on any atom is 0.256 e. The first kappa shape index (κ1) is 24.2. The molecule has 1 fully saturated rings. The van der Waals surface area contributed by atoms with Crippen molar-refractivity contribution in [2.24, 2.45) is 0 Å². The summed E-state index contributed by atoms with van der Waals surface area (Å²) in [5.41, 5.74) is 2.23. The molecule has 2 heterocycles. The summed E-state index contributed by atoms with van der Waals surface area (Å²) in [6, 6.07) is 9.44. The van der Waals surface area contributed by atoms with E-state index in [1.165, 1.54) is 11.1 Å². The number of ether oxygens (including phenoxy) is 2. The third-order valence-corrected chi connectivity index (χ3v) is 4.91. The van der Waals surface area contributed by atoms with Crippen LogP contribution in [0.1, 0.15) is 24.0 Å². The van der Waals surface area contributed by atoms with Gasteiger partial charge in [-0.3, -0.25) is 4.79 Å². The van der Waals surface area contributed by atoms with E-state index in [0.29, 0.717) is 24.4 Å². The summed E-state index contributed by atoms with van der Waals surface area (Å²) in [5, 5.41) is 6.14. The van der Waals surface area contributed by atoms with E-state index in [-0.39, 0.29) is 30.7 Å². The van der Waals surface area contributed by atoms with Crippen molar-refractivity contribution in [3.05, 3.63) is 47.7 Å². The quantitative estimate of drug-likeness (QED) is 0.752. The van der Waals surface area contributed by atoms with Crippen molar-refractivity contribution in [1.29, 1.82) is 0 Å². The van der Waals surface area contributed by atoms with Crippen LogP contribution in [0.15, 0.2) is 36.5 Å². The van der Waals surface area contributed by atoms with E-state index in [1.54, 1.807) is 25.4 Å². The molecule has 3 rings (SSSR count). The first-order valence-electron chi connectivity index (χ1n) is 8.81. The van der Waals surface area contributed by atoms with Crippen molar-refractivity contribution in [2.75, 3.05) is 25.5 Å². The molecular formula is C20H27Cl2N3O3. The molecule has 1 aromatic heterocycles. The summed E-state index contributed by atoms with van der Waals surface area (Å²) < 4.78 is 11.3. The van der Waals surface area contributed by atoms with Gasteiger partial charge < -0.3 is 20.1 Å². The van der Waals surface area contributed by atoms with Crippen LogP contribution in [0.2, 0.25) is 0 Å². The van der Waals surface area contributed by atoms with E-state index < -0.39 is 5.60 Å². The highest BCUT2D eigenvalue weighted by atomic mass is 35.5. The number of aromatic nitrogens is 1. The molecule has 2 N–H and O–H groups in total. The fourth-order valence-electron chi connectivity index (χ4n) is 3.01. The lowest BCUT2D eigenvalue weighted by molar-refractivity contribution is -0.140. The summed E-state index contributed by atoms with van der Waals surface area (Å²) in [4.78, 5) is 16.9. The maximum atomic E-state index is 12.6. The Morgan fingerprint density at radius 1 is 1.11 bits per heavy atom. The maximum absolute atomic E-state index is 12.6. The average molecular weight is 428 g/mol. The second kappa shape index (κ2) is 10.6. The number of piperidine rings is 1. The van der Waals surface area contributed by atoms with Crippen LogP contribution in [0.25, 0.3) is 0 Å². The summed E-state index contributed by atoms with van der Waals surface area (Å²) in [5.74, 6) is 1.09. The molecule has 0 aliphatic carbocycles. The molecular weight excluding hydrogens is 401 g/mol. The monoisotopic (exact) mass is 427 g/mol. The predicted octanol–water partition coefficient (Wildman–Crippen LogP) is 4.04. The van der Waals surface area contributed by atoms with Crippen LogP contribution in [-0.2, 0) is 9.53 Å². The van der Waals surface area contributed by atoms with Crippen LogP contribution in [-0.4, -0.2) is 36.7 Å². The van der Waals surface area contributed by atoms with Gasteiger partial charge in [0.25, 0.3) is 5.91 Å². The molecule has 0 atom stereocenters. The predicted molar refractivity (Wildman–Crippen MR) is 115 cm³/mol. The number of pyridine rings is 1. The minimum absolute atomic E-state index is 0. The van der Waals surface area contributed by atoms with Crippen molar-refractivity contribution >= 4 is 36.4 Å². The fourth-order valence-corrected chi connectivity index (χ4v) is 3.01. The van der Waals surface area contributed by atoms with Gasteiger partial charge in [0, 0.05) is 13.2 Å². The number of carbonyl (C=O) groups is 1. The second-order valence-corrected chi connectivity index (χ2v) is 6.64. The number of carbonyl (C=O) groups excluding carboxylic acids is 1. The number of aryl methyl sites for hydroxylation is 2. The van der Waals surface area contributed by atoms with Crippen LogP contribution >= 0.6 is 24.8 Å². The van der Waals surface area contributed by atoms with Gasteiger partial charge in [0.1, 0.15) is 11.4 Å². The summed E-state index contributed by atoms with van der Waals surface area (Å²) >= 11 is 0. The molecule has 2 aromatic rings. The number of nitrogens with one attached hydrogen (secondary N) is 2. The highest BCUT2D eigenvalue weighted by molar-refractivity contribution is 5.97. The van der Waals surface area contributed by atoms with Gasteiger partial charge in [-0.05, 0) is 69.1 Å². The molecule has 1 aliphatic heterocycles. The number of hydrogen-bond donors (Lipinski definition) is 2. The van der Waals surface area contributed by atoms with Crippen molar-refractivity contribution in [2.45, 2.75) is 32.3 Å². The molecule has 0 radical (unpaired) electrons. The average Bonchev–Trinajstić information content (AvgIpc) is 2.67. The second-order valence-electron chi connectivity index (χ2n) is 6.64. The Bertz CT molecular complexity index is 779. The lowest BCUT2D eigenvalue weighted by Crippen LogP contribution is -2.51. The van der Waals surface area contributed by atoms with Crippen molar-refractivity contribution in [3.63, 3.8) is 0 Å². The third kappa shape index (κ3) is 5.58. The number of methoxy groups -OCH3 is 1. The number of anilines is 1. The summed E-state index contributed by atoms with van der Waals surface area (Å²) in [6.07, 6.45) is 2.90. The highest BCUT2D eigenvalue weighted by Crippen LogP contribution is 2.26. The van der Waals surface area contributed by atoms with Crippen LogP contribution in [0.5, 0.6) is 11.6 Å². The Kier molecular flexibility index (Phi) is 9.17. The standard InChI is InChI=1S/C20H25N3O3.2ClH/c1-14-4-6-17(12-15(14)2)26-18-7-5-16(13-22-18)23-19(24)20(25-3)8-10-21-11-9-20;;/h4-7,12-13,21H,8-11H2,1-3H3,(H,23,24);2*1H. The first-order chi connectivity index (χ1) is 12.5. The Balaban J connectivity index is 0.00000196. The fraction of sp³-hybridized carbons (Fsp3) is 0.400. The van der Waals surface area contributed by atoms with Gasteiger partial charge >= 0.3 is 0 Å². The van der Waals surface area contributed by atoms with Gasteiger partial charge in [0.2, 0.25) is 5.88 Å². The molecule has 1 amide bonds. The lowest BCUT2D eigenvalue weighted by Gasteiger charge is -2.34. The van der Waals surface area contributed by atoms with Gasteiger partial charge in [0.15, 0.2) is 0 Å². The molecule has 0 bridgehead atoms.